The summed E-state index contributed by atoms with van der Waals surface area (Å²) in [6.45, 7) is 2.07. The average Bonchev–Trinajstić information content (AvgIpc) is 3.14. The third kappa shape index (κ3) is 1.78. The molecular weight excluding hydrogens is 332 g/mol. The van der Waals surface area contributed by atoms with E-state index in [1.165, 1.54) is 0 Å². The SMILES string of the molecule is CCc1cc(Br)ccc1C1=C(O)[C@@H]2C3CCC(O3)[C@@H]2C1=O. The smallest absolute Gasteiger partial charge is 0.173 e. The first-order valence-electron chi connectivity index (χ1n) is 7.53. The van der Waals surface area contributed by atoms with Crippen LogP contribution in [-0.2, 0) is 16.0 Å². The summed E-state index contributed by atoms with van der Waals surface area (Å²) in [6.07, 6.45) is 2.77. The Morgan fingerprint density at radius 3 is 2.67 bits per heavy atom. The van der Waals surface area contributed by atoms with E-state index in [9.17, 15) is 9.90 Å². The van der Waals surface area contributed by atoms with E-state index in [1.807, 2.05) is 18.2 Å². The molecule has 1 N–H and O–H groups in total. The van der Waals surface area contributed by atoms with Crippen LogP contribution in [0.3, 0.4) is 0 Å². The fourth-order valence-corrected chi connectivity index (χ4v) is 4.60. The molecule has 2 bridgehead atoms. The van der Waals surface area contributed by atoms with Crippen LogP contribution in [0.2, 0.25) is 0 Å². The van der Waals surface area contributed by atoms with Crippen molar-refractivity contribution < 1.29 is 14.6 Å². The molecule has 0 amide bonds. The Bertz CT molecular complexity index is 664. The Kier molecular flexibility index (Phi) is 3.02. The number of rotatable bonds is 2. The van der Waals surface area contributed by atoms with Crippen molar-refractivity contribution in [2.45, 2.75) is 38.4 Å². The van der Waals surface area contributed by atoms with Crippen LogP contribution in [0.25, 0.3) is 5.57 Å². The summed E-state index contributed by atoms with van der Waals surface area (Å²) >= 11 is 3.47. The molecule has 3 nitrogen and oxygen atoms in total. The Morgan fingerprint density at radius 2 is 2.00 bits per heavy atom. The normalized spacial score (nSPS) is 33.9. The highest BCUT2D eigenvalue weighted by atomic mass is 79.9. The van der Waals surface area contributed by atoms with Crippen molar-refractivity contribution in [1.82, 2.24) is 0 Å². The van der Waals surface area contributed by atoms with Crippen molar-refractivity contribution >= 4 is 27.3 Å². The highest BCUT2D eigenvalue weighted by molar-refractivity contribution is 9.10. The lowest BCUT2D eigenvalue weighted by Crippen LogP contribution is -2.29. The second kappa shape index (κ2) is 4.68. The third-order valence-corrected chi connectivity index (χ3v) is 5.61. The largest absolute Gasteiger partial charge is 0.511 e. The maximum atomic E-state index is 12.8. The summed E-state index contributed by atoms with van der Waals surface area (Å²) in [7, 11) is 0. The molecule has 4 rings (SSSR count). The van der Waals surface area contributed by atoms with Crippen molar-refractivity contribution in [2.75, 3.05) is 0 Å². The maximum absolute atomic E-state index is 12.8. The van der Waals surface area contributed by atoms with Crippen molar-refractivity contribution in [2.24, 2.45) is 11.8 Å². The van der Waals surface area contributed by atoms with Gasteiger partial charge < -0.3 is 9.84 Å². The summed E-state index contributed by atoms with van der Waals surface area (Å²) in [5, 5.41) is 10.7. The van der Waals surface area contributed by atoms with Crippen molar-refractivity contribution in [3.8, 4) is 0 Å². The number of carbonyl (C=O) groups excluding carboxylic acids is 1. The quantitative estimate of drug-likeness (QED) is 0.887. The number of aliphatic hydroxyl groups is 1. The first-order valence-corrected chi connectivity index (χ1v) is 8.32. The van der Waals surface area contributed by atoms with Gasteiger partial charge in [0.1, 0.15) is 5.76 Å². The predicted octanol–water partition coefficient (Wildman–Crippen LogP) is 3.66. The highest BCUT2D eigenvalue weighted by Gasteiger charge is 2.59. The van der Waals surface area contributed by atoms with Crippen LogP contribution in [0.5, 0.6) is 0 Å². The first-order chi connectivity index (χ1) is 10.1. The number of hydrogen-bond acceptors (Lipinski definition) is 3. The van der Waals surface area contributed by atoms with E-state index in [2.05, 4.69) is 22.9 Å². The van der Waals surface area contributed by atoms with E-state index in [1.54, 1.807) is 0 Å². The Balaban J connectivity index is 1.84. The Hall–Kier alpha value is -1.13. The predicted molar refractivity (Wildman–Crippen MR) is 83.0 cm³/mol. The molecule has 2 unspecified atom stereocenters. The zero-order chi connectivity index (χ0) is 14.7. The van der Waals surface area contributed by atoms with Crippen molar-refractivity contribution in [3.63, 3.8) is 0 Å². The van der Waals surface area contributed by atoms with Gasteiger partial charge in [-0.2, -0.15) is 0 Å². The second-order valence-electron chi connectivity index (χ2n) is 6.12. The van der Waals surface area contributed by atoms with Gasteiger partial charge >= 0.3 is 0 Å². The molecule has 1 aliphatic carbocycles. The number of aryl methyl sites for hydroxylation is 1. The van der Waals surface area contributed by atoms with Gasteiger partial charge in [-0.25, -0.2) is 0 Å². The molecule has 2 saturated heterocycles. The minimum Gasteiger partial charge on any atom is -0.511 e. The van der Waals surface area contributed by atoms with Gasteiger partial charge in [-0.1, -0.05) is 28.9 Å². The van der Waals surface area contributed by atoms with Crippen LogP contribution in [0.4, 0.5) is 0 Å². The van der Waals surface area contributed by atoms with Gasteiger partial charge in [-0.15, -0.1) is 0 Å². The average molecular weight is 349 g/mol. The van der Waals surface area contributed by atoms with Crippen LogP contribution in [0.15, 0.2) is 28.4 Å². The van der Waals surface area contributed by atoms with Gasteiger partial charge in [-0.3, -0.25) is 4.79 Å². The van der Waals surface area contributed by atoms with Crippen LogP contribution < -0.4 is 0 Å². The zero-order valence-electron chi connectivity index (χ0n) is 11.8. The molecule has 4 heteroatoms. The molecule has 3 aliphatic rings. The van der Waals surface area contributed by atoms with Gasteiger partial charge in [0.25, 0.3) is 0 Å². The number of ether oxygens (including phenoxy) is 1. The fraction of sp³-hybridized carbons (Fsp3) is 0.471. The fourth-order valence-electron chi connectivity index (χ4n) is 4.19. The van der Waals surface area contributed by atoms with E-state index in [0.717, 1.165) is 34.9 Å². The van der Waals surface area contributed by atoms with E-state index in [-0.39, 0.29) is 35.6 Å². The lowest BCUT2D eigenvalue weighted by atomic mass is 9.80. The second-order valence-corrected chi connectivity index (χ2v) is 7.04. The highest BCUT2D eigenvalue weighted by Crippen LogP contribution is 2.53. The minimum absolute atomic E-state index is 0.00711. The summed E-state index contributed by atoms with van der Waals surface area (Å²) in [5.41, 5.74) is 2.51. The van der Waals surface area contributed by atoms with Crippen LogP contribution in [0, 0.1) is 11.8 Å². The number of fused-ring (bicyclic) bond motifs is 5. The number of ketones is 1. The van der Waals surface area contributed by atoms with E-state index >= 15 is 0 Å². The molecule has 1 aromatic rings. The maximum Gasteiger partial charge on any atom is 0.173 e. The minimum atomic E-state index is -0.160. The molecule has 110 valence electrons. The van der Waals surface area contributed by atoms with Gasteiger partial charge in [0.05, 0.1) is 29.6 Å². The van der Waals surface area contributed by atoms with Gasteiger partial charge in [0, 0.05) is 4.47 Å². The lowest BCUT2D eigenvalue weighted by molar-refractivity contribution is -0.118. The van der Waals surface area contributed by atoms with Crippen molar-refractivity contribution in [1.29, 1.82) is 0 Å². The van der Waals surface area contributed by atoms with E-state index in [4.69, 9.17) is 4.74 Å². The molecule has 2 aliphatic heterocycles. The van der Waals surface area contributed by atoms with Crippen LogP contribution >= 0.6 is 15.9 Å². The molecule has 0 radical (unpaired) electrons. The molecule has 0 aromatic heterocycles. The molecule has 2 fully saturated rings. The lowest BCUT2D eigenvalue weighted by Gasteiger charge is -2.19. The van der Waals surface area contributed by atoms with Crippen LogP contribution in [-0.4, -0.2) is 23.1 Å². The van der Waals surface area contributed by atoms with E-state index < -0.39 is 0 Å². The van der Waals surface area contributed by atoms with E-state index in [0.29, 0.717) is 5.57 Å². The molecule has 0 saturated carbocycles. The monoisotopic (exact) mass is 348 g/mol. The molecule has 21 heavy (non-hydrogen) atoms. The number of hydrogen-bond donors (Lipinski definition) is 1. The Labute approximate surface area is 132 Å². The zero-order valence-corrected chi connectivity index (χ0v) is 13.4. The summed E-state index contributed by atoms with van der Waals surface area (Å²) < 4.78 is 6.81. The van der Waals surface area contributed by atoms with Gasteiger partial charge in [-0.05, 0) is 42.5 Å². The number of Topliss-reactive ketones (excluding diaryl/α,β-unsaturated/α-hetero) is 1. The molecule has 0 spiro atoms. The topological polar surface area (TPSA) is 46.5 Å². The molecular formula is C17H17BrO3. The number of halogens is 1. The number of aliphatic hydroxyl groups excluding tert-OH is 1. The molecule has 2 heterocycles. The van der Waals surface area contributed by atoms with Crippen LogP contribution in [0.1, 0.15) is 30.9 Å². The number of allylic oxidation sites excluding steroid dienone is 1. The van der Waals surface area contributed by atoms with Gasteiger partial charge in [0.15, 0.2) is 5.78 Å². The van der Waals surface area contributed by atoms with Crippen molar-refractivity contribution in [3.05, 3.63) is 39.6 Å². The van der Waals surface area contributed by atoms with Gasteiger partial charge in [0.2, 0.25) is 0 Å². The molecule has 1 aromatic carbocycles. The standard InChI is InChI=1S/C17H17BrO3/c1-2-8-7-9(18)3-4-10(8)13-16(19)14-11-5-6-12(21-11)15(14)17(13)20/h3-4,7,11-12,14-15,19H,2,5-6H2,1H3/t11?,12?,14-,15+/m1/s1. The first kappa shape index (κ1) is 13.5. The number of carbonyl (C=O) groups is 1. The summed E-state index contributed by atoms with van der Waals surface area (Å²) in [4.78, 5) is 12.8. The number of benzene rings is 1. The third-order valence-electron chi connectivity index (χ3n) is 5.11. The Morgan fingerprint density at radius 1 is 1.29 bits per heavy atom. The summed E-state index contributed by atoms with van der Waals surface area (Å²) in [6, 6.07) is 5.90. The summed E-state index contributed by atoms with van der Waals surface area (Å²) in [5.74, 6) is 0.0580. The molecule has 4 atom stereocenters.